The Kier molecular flexibility index (Phi) is 4.55. The number of nitriles is 1. The first-order valence-corrected chi connectivity index (χ1v) is 5.76. The molecule has 0 aliphatic heterocycles. The molecule has 0 saturated carbocycles. The Bertz CT molecular complexity index is 476. The highest BCUT2D eigenvalue weighted by atomic mass is 16.1. The minimum Gasteiger partial charge on any atom is -0.398 e. The summed E-state index contributed by atoms with van der Waals surface area (Å²) in [4.78, 5) is 12.9. The van der Waals surface area contributed by atoms with Crippen molar-refractivity contribution in [2.45, 2.75) is 26.3 Å². The van der Waals surface area contributed by atoms with Crippen LogP contribution in [0, 0.1) is 11.3 Å². The van der Waals surface area contributed by atoms with Crippen molar-refractivity contribution in [3.63, 3.8) is 0 Å². The molecule has 1 aromatic rings. The second-order valence-corrected chi connectivity index (χ2v) is 4.41. The van der Waals surface area contributed by atoms with Gasteiger partial charge in [-0.1, -0.05) is 0 Å². The van der Waals surface area contributed by atoms with Crippen molar-refractivity contribution >= 4 is 17.3 Å². The molecular weight excluding hydrogens is 228 g/mol. The van der Waals surface area contributed by atoms with Gasteiger partial charge in [-0.05, 0) is 37.6 Å². The largest absolute Gasteiger partial charge is 0.398 e. The number of amides is 1. The van der Waals surface area contributed by atoms with Crippen LogP contribution >= 0.6 is 0 Å². The molecule has 0 spiro atoms. The molecule has 96 valence electrons. The molecule has 18 heavy (non-hydrogen) atoms. The average Bonchev–Trinajstić information content (AvgIpc) is 2.29. The third kappa shape index (κ3) is 3.39. The maximum absolute atomic E-state index is 11.1. The lowest BCUT2D eigenvalue weighted by atomic mass is 10.1. The number of nitrogens with two attached hydrogens (primary N) is 2. The Labute approximate surface area is 107 Å². The van der Waals surface area contributed by atoms with Crippen LogP contribution in [-0.4, -0.2) is 18.5 Å². The number of nitrogen functional groups attached to an aromatic ring is 1. The fraction of sp³-hybridized carbons (Fsp3) is 0.385. The summed E-state index contributed by atoms with van der Waals surface area (Å²) in [6.07, 6.45) is 0.252. The topological polar surface area (TPSA) is 96.1 Å². The Hall–Kier alpha value is -2.22. The van der Waals surface area contributed by atoms with E-state index in [2.05, 4.69) is 6.07 Å². The van der Waals surface area contributed by atoms with E-state index in [-0.39, 0.29) is 24.9 Å². The number of carbonyl (C=O) groups excluding carboxylic acids is 1. The van der Waals surface area contributed by atoms with Gasteiger partial charge in [-0.3, -0.25) is 4.79 Å². The summed E-state index contributed by atoms with van der Waals surface area (Å²) in [6, 6.07) is 7.62. The molecule has 1 aromatic carbocycles. The summed E-state index contributed by atoms with van der Waals surface area (Å²) in [6.45, 7) is 4.10. The quantitative estimate of drug-likeness (QED) is 0.758. The first kappa shape index (κ1) is 13.8. The fourth-order valence-corrected chi connectivity index (χ4v) is 1.75. The first-order valence-electron chi connectivity index (χ1n) is 5.76. The van der Waals surface area contributed by atoms with Gasteiger partial charge in [0.05, 0.1) is 19.0 Å². The van der Waals surface area contributed by atoms with Crippen LogP contribution in [0.15, 0.2) is 18.2 Å². The van der Waals surface area contributed by atoms with Gasteiger partial charge >= 0.3 is 0 Å². The predicted octanol–water partition coefficient (Wildman–Crippen LogP) is 1.03. The van der Waals surface area contributed by atoms with Crippen molar-refractivity contribution in [2.75, 3.05) is 17.2 Å². The molecule has 0 fully saturated rings. The van der Waals surface area contributed by atoms with E-state index in [4.69, 9.17) is 16.7 Å². The summed E-state index contributed by atoms with van der Waals surface area (Å²) in [7, 11) is 0. The van der Waals surface area contributed by atoms with E-state index < -0.39 is 0 Å². The molecule has 0 atom stereocenters. The summed E-state index contributed by atoms with van der Waals surface area (Å²) >= 11 is 0. The normalized spacial score (nSPS) is 10.1. The van der Waals surface area contributed by atoms with Crippen LogP contribution in [0.5, 0.6) is 0 Å². The van der Waals surface area contributed by atoms with Crippen LogP contribution in [0.25, 0.3) is 0 Å². The van der Waals surface area contributed by atoms with Crippen molar-refractivity contribution in [1.82, 2.24) is 0 Å². The van der Waals surface area contributed by atoms with Gasteiger partial charge in [-0.25, -0.2) is 0 Å². The number of rotatable bonds is 5. The van der Waals surface area contributed by atoms with E-state index >= 15 is 0 Å². The number of hydrogen-bond acceptors (Lipinski definition) is 4. The Morgan fingerprint density at radius 2 is 2.17 bits per heavy atom. The molecule has 5 heteroatoms. The predicted molar refractivity (Wildman–Crippen MR) is 71.8 cm³/mol. The van der Waals surface area contributed by atoms with Crippen LogP contribution in [0.2, 0.25) is 0 Å². The molecule has 0 heterocycles. The van der Waals surface area contributed by atoms with Gasteiger partial charge in [0.2, 0.25) is 5.91 Å². The third-order valence-corrected chi connectivity index (χ3v) is 2.68. The van der Waals surface area contributed by atoms with E-state index in [0.29, 0.717) is 5.69 Å². The molecule has 0 saturated heterocycles. The smallest absolute Gasteiger partial charge is 0.236 e. The molecular formula is C13H18N4O. The van der Waals surface area contributed by atoms with Crippen LogP contribution in [0.1, 0.15) is 19.4 Å². The van der Waals surface area contributed by atoms with E-state index in [9.17, 15) is 4.79 Å². The molecule has 0 aromatic heterocycles. The van der Waals surface area contributed by atoms with E-state index in [1.165, 1.54) is 0 Å². The van der Waals surface area contributed by atoms with Gasteiger partial charge in [0.1, 0.15) is 0 Å². The highest BCUT2D eigenvalue weighted by Gasteiger charge is 2.14. The fourth-order valence-electron chi connectivity index (χ4n) is 1.75. The molecule has 0 radical (unpaired) electrons. The highest BCUT2D eigenvalue weighted by Crippen LogP contribution is 2.23. The van der Waals surface area contributed by atoms with Crippen LogP contribution in [0.4, 0.5) is 11.4 Å². The zero-order valence-electron chi connectivity index (χ0n) is 10.7. The monoisotopic (exact) mass is 246 g/mol. The Morgan fingerprint density at radius 1 is 1.50 bits per heavy atom. The van der Waals surface area contributed by atoms with Crippen molar-refractivity contribution in [2.24, 2.45) is 5.73 Å². The van der Waals surface area contributed by atoms with Gasteiger partial charge in [0, 0.05) is 17.4 Å². The maximum atomic E-state index is 11.1. The van der Waals surface area contributed by atoms with Crippen molar-refractivity contribution in [1.29, 1.82) is 5.26 Å². The van der Waals surface area contributed by atoms with Crippen LogP contribution in [0.3, 0.4) is 0 Å². The number of primary amides is 1. The van der Waals surface area contributed by atoms with Gasteiger partial charge in [-0.15, -0.1) is 0 Å². The van der Waals surface area contributed by atoms with E-state index in [0.717, 1.165) is 11.3 Å². The molecule has 0 bridgehead atoms. The molecule has 4 N–H and O–H groups in total. The first-order chi connectivity index (χ1) is 8.45. The van der Waals surface area contributed by atoms with Gasteiger partial charge in [0.25, 0.3) is 0 Å². The lowest BCUT2D eigenvalue weighted by Gasteiger charge is -2.28. The average molecular weight is 246 g/mol. The molecule has 0 unspecified atom stereocenters. The van der Waals surface area contributed by atoms with Gasteiger partial charge in [0.15, 0.2) is 0 Å². The second-order valence-electron chi connectivity index (χ2n) is 4.41. The van der Waals surface area contributed by atoms with E-state index in [1.807, 2.05) is 30.9 Å². The molecule has 0 aliphatic carbocycles. The van der Waals surface area contributed by atoms with Gasteiger partial charge < -0.3 is 16.4 Å². The third-order valence-electron chi connectivity index (χ3n) is 2.68. The lowest BCUT2D eigenvalue weighted by molar-refractivity contribution is -0.116. The molecule has 0 aliphatic rings. The summed E-state index contributed by atoms with van der Waals surface area (Å²) in [5.74, 6) is -0.387. The summed E-state index contributed by atoms with van der Waals surface area (Å²) in [5.41, 5.74) is 13.2. The van der Waals surface area contributed by atoms with Crippen molar-refractivity contribution in [3.8, 4) is 6.07 Å². The zero-order valence-corrected chi connectivity index (χ0v) is 10.7. The summed E-state index contributed by atoms with van der Waals surface area (Å²) < 4.78 is 0. The summed E-state index contributed by atoms with van der Waals surface area (Å²) in [5, 5.41) is 8.73. The van der Waals surface area contributed by atoms with Crippen molar-refractivity contribution in [3.05, 3.63) is 23.8 Å². The number of benzene rings is 1. The van der Waals surface area contributed by atoms with Crippen molar-refractivity contribution < 1.29 is 4.79 Å². The zero-order chi connectivity index (χ0) is 13.7. The highest BCUT2D eigenvalue weighted by molar-refractivity contribution is 5.80. The maximum Gasteiger partial charge on any atom is 0.236 e. The van der Waals surface area contributed by atoms with Crippen LogP contribution in [-0.2, 0) is 11.2 Å². The van der Waals surface area contributed by atoms with Crippen LogP contribution < -0.4 is 16.4 Å². The standard InChI is InChI=1S/C13H18N4O/c1-9(2)17(8-13(16)18)11-3-4-12(15)10(7-11)5-6-14/h3-4,7,9H,5,8,15H2,1-2H3,(H2,16,18). The van der Waals surface area contributed by atoms with E-state index in [1.54, 1.807) is 6.07 Å². The minimum absolute atomic E-state index is 0.135. The number of hydrogen-bond donors (Lipinski definition) is 2. The minimum atomic E-state index is -0.387. The Balaban J connectivity index is 3.09. The van der Waals surface area contributed by atoms with Gasteiger partial charge in [-0.2, -0.15) is 5.26 Å². The number of carbonyl (C=O) groups is 1. The molecule has 1 amide bonds. The lowest BCUT2D eigenvalue weighted by Crippen LogP contribution is -2.38. The number of nitrogens with zero attached hydrogens (tertiary/aromatic N) is 2. The SMILES string of the molecule is CC(C)N(CC(N)=O)c1ccc(N)c(CC#N)c1. The molecule has 1 rings (SSSR count). The second kappa shape index (κ2) is 5.92. The Morgan fingerprint density at radius 3 is 2.67 bits per heavy atom. The number of anilines is 2. The molecule has 5 nitrogen and oxygen atoms in total.